The van der Waals surface area contributed by atoms with E-state index < -0.39 is 6.04 Å². The first-order valence-electron chi connectivity index (χ1n) is 11.0. The van der Waals surface area contributed by atoms with E-state index in [-0.39, 0.29) is 22.2 Å². The van der Waals surface area contributed by atoms with Crippen molar-refractivity contribution in [3.63, 3.8) is 0 Å². The van der Waals surface area contributed by atoms with Crippen molar-refractivity contribution in [1.29, 1.82) is 0 Å². The van der Waals surface area contributed by atoms with Crippen LogP contribution in [-0.2, 0) is 4.79 Å². The number of aromatic nitrogens is 1. The molecule has 0 fully saturated rings. The van der Waals surface area contributed by atoms with Crippen LogP contribution in [0, 0.1) is 0 Å². The lowest BCUT2D eigenvalue weighted by molar-refractivity contribution is -0.113. The Kier molecular flexibility index (Phi) is 6.53. The summed E-state index contributed by atoms with van der Waals surface area (Å²) in [4.78, 5) is 32.2. The highest BCUT2D eigenvalue weighted by Gasteiger charge is 2.32. The summed E-state index contributed by atoms with van der Waals surface area (Å²) in [6.07, 6.45) is 1.53. The Balaban J connectivity index is 1.69. The molecular weight excluding hydrogens is 517 g/mol. The summed E-state index contributed by atoms with van der Waals surface area (Å²) >= 11 is 13.3. The number of rotatable bonds is 4. The van der Waals surface area contributed by atoms with Gasteiger partial charge in [-0.1, -0.05) is 83.1 Å². The Morgan fingerprint density at radius 3 is 2.44 bits per heavy atom. The van der Waals surface area contributed by atoms with Crippen molar-refractivity contribution in [2.45, 2.75) is 13.0 Å². The van der Waals surface area contributed by atoms with E-state index in [9.17, 15) is 14.7 Å². The molecule has 36 heavy (non-hydrogen) atoms. The largest absolute Gasteiger partial charge is 0.506 e. The van der Waals surface area contributed by atoms with E-state index in [2.05, 4.69) is 10.3 Å². The number of hydrogen-bond donors (Lipinski definition) is 2. The zero-order valence-corrected chi connectivity index (χ0v) is 21.2. The molecule has 0 aliphatic carbocycles. The van der Waals surface area contributed by atoms with Gasteiger partial charge in [0.2, 0.25) is 0 Å². The molecule has 2 N–H and O–H groups in total. The van der Waals surface area contributed by atoms with Gasteiger partial charge in [-0.2, -0.15) is 0 Å². The maximum atomic E-state index is 13.7. The number of anilines is 1. The molecule has 3 aromatic carbocycles. The van der Waals surface area contributed by atoms with Crippen LogP contribution in [0.1, 0.15) is 24.1 Å². The van der Waals surface area contributed by atoms with Crippen molar-refractivity contribution in [2.75, 3.05) is 5.32 Å². The molecule has 2 heterocycles. The van der Waals surface area contributed by atoms with Gasteiger partial charge in [0.25, 0.3) is 11.5 Å². The van der Waals surface area contributed by atoms with Crippen LogP contribution >= 0.6 is 34.5 Å². The second-order valence-corrected chi connectivity index (χ2v) is 9.99. The summed E-state index contributed by atoms with van der Waals surface area (Å²) < 4.78 is 1.84. The number of para-hydroxylation sites is 1. The van der Waals surface area contributed by atoms with Crippen molar-refractivity contribution in [2.24, 2.45) is 4.99 Å². The second-order valence-electron chi connectivity index (χ2n) is 8.14. The number of benzene rings is 3. The number of carbonyl (C=O) groups is 1. The first kappa shape index (κ1) is 24.1. The van der Waals surface area contributed by atoms with E-state index in [4.69, 9.17) is 23.2 Å². The van der Waals surface area contributed by atoms with E-state index in [1.807, 2.05) is 48.5 Å². The smallest absolute Gasteiger partial charge is 0.271 e. The first-order valence-corrected chi connectivity index (χ1v) is 12.5. The number of thiazole rings is 1. The number of phenols is 1. The van der Waals surface area contributed by atoms with Gasteiger partial charge < -0.3 is 10.4 Å². The molecule has 1 amide bonds. The highest BCUT2D eigenvalue weighted by Crippen LogP contribution is 2.32. The van der Waals surface area contributed by atoms with E-state index in [0.29, 0.717) is 36.9 Å². The number of aromatic hydroxyl groups is 1. The number of halogens is 2. The average molecular weight is 536 g/mol. The predicted molar refractivity (Wildman–Crippen MR) is 143 cm³/mol. The molecule has 0 bridgehead atoms. The number of phenolic OH excluding ortho intramolecular Hbond substituents is 1. The molecular formula is C27H19Cl2N3O3S. The normalized spacial score (nSPS) is 15.4. The fourth-order valence-corrected chi connectivity index (χ4v) is 5.67. The third kappa shape index (κ3) is 4.48. The summed E-state index contributed by atoms with van der Waals surface area (Å²) in [6, 6.07) is 20.7. The standard InChI is InChI=1S/C27H19Cl2N3O3S/c1-15-22(25(34)31-19-10-6-3-7-11-19)23(16-8-4-2-5-9-16)32-26(35)21(36-27(32)30-15)13-17-12-18(28)14-20(29)24(17)33/h2-14,23,33H,1H3,(H,31,34)/b21-13+. The van der Waals surface area contributed by atoms with Crippen molar-refractivity contribution >= 4 is 52.2 Å². The summed E-state index contributed by atoms with van der Waals surface area (Å²) in [5.74, 6) is -0.518. The van der Waals surface area contributed by atoms with Crippen molar-refractivity contribution in [3.8, 4) is 5.75 Å². The van der Waals surface area contributed by atoms with E-state index in [1.165, 1.54) is 22.8 Å². The number of nitrogens with zero attached hydrogens (tertiary/aromatic N) is 2. The maximum Gasteiger partial charge on any atom is 0.271 e. The fourth-order valence-electron chi connectivity index (χ4n) is 4.12. The van der Waals surface area contributed by atoms with Crippen molar-refractivity contribution in [3.05, 3.63) is 125 Å². The van der Waals surface area contributed by atoms with Crippen LogP contribution < -0.4 is 20.2 Å². The molecule has 1 atom stereocenters. The zero-order chi connectivity index (χ0) is 25.4. The van der Waals surface area contributed by atoms with Gasteiger partial charge in [0.1, 0.15) is 5.75 Å². The predicted octanol–water partition coefficient (Wildman–Crippen LogP) is 4.89. The SMILES string of the molecule is CC1=C(C(=O)Nc2ccccc2)C(c2ccccc2)n2c(s/c(=C/c3cc(Cl)cc(Cl)c3O)c2=O)=N1. The molecule has 9 heteroatoms. The second kappa shape index (κ2) is 9.78. The minimum atomic E-state index is -0.690. The quantitative estimate of drug-likeness (QED) is 0.390. The molecule has 4 aromatic rings. The van der Waals surface area contributed by atoms with Gasteiger partial charge in [0.15, 0.2) is 4.80 Å². The van der Waals surface area contributed by atoms with Gasteiger partial charge in [-0.05, 0) is 42.8 Å². The molecule has 1 aliphatic heterocycles. The van der Waals surface area contributed by atoms with Gasteiger partial charge in [0, 0.05) is 16.3 Å². The van der Waals surface area contributed by atoms with Gasteiger partial charge in [-0.25, -0.2) is 4.99 Å². The summed E-state index contributed by atoms with van der Waals surface area (Å²) in [5, 5.41) is 13.7. The minimum absolute atomic E-state index is 0.0828. The van der Waals surface area contributed by atoms with Crippen LogP contribution in [0.15, 0.2) is 93.9 Å². The van der Waals surface area contributed by atoms with Crippen LogP contribution in [0.25, 0.3) is 6.08 Å². The van der Waals surface area contributed by atoms with Crippen LogP contribution in [0.5, 0.6) is 5.75 Å². The minimum Gasteiger partial charge on any atom is -0.506 e. The number of carbonyl (C=O) groups excluding carboxylic acids is 1. The zero-order valence-electron chi connectivity index (χ0n) is 18.9. The molecule has 0 spiro atoms. The molecule has 0 saturated carbocycles. The highest BCUT2D eigenvalue weighted by atomic mass is 35.5. The number of hydrogen-bond acceptors (Lipinski definition) is 5. The molecule has 180 valence electrons. The fraction of sp³-hybridized carbons (Fsp3) is 0.0741. The monoisotopic (exact) mass is 535 g/mol. The van der Waals surface area contributed by atoms with Crippen LogP contribution in [0.2, 0.25) is 10.0 Å². The summed E-state index contributed by atoms with van der Waals surface area (Å²) in [7, 11) is 0. The topological polar surface area (TPSA) is 83.7 Å². The Labute approximate surface area is 220 Å². The molecule has 0 radical (unpaired) electrons. The van der Waals surface area contributed by atoms with Crippen LogP contribution in [0.4, 0.5) is 5.69 Å². The molecule has 5 rings (SSSR count). The Hall–Kier alpha value is -3.65. The van der Waals surface area contributed by atoms with Crippen molar-refractivity contribution in [1.82, 2.24) is 4.57 Å². The van der Waals surface area contributed by atoms with Crippen molar-refractivity contribution < 1.29 is 9.90 Å². The van der Waals surface area contributed by atoms with E-state index in [1.54, 1.807) is 19.1 Å². The first-order chi connectivity index (χ1) is 17.3. The average Bonchev–Trinajstić information content (AvgIpc) is 3.16. The number of fused-ring (bicyclic) bond motifs is 1. The Bertz CT molecular complexity index is 1690. The van der Waals surface area contributed by atoms with Gasteiger partial charge in [0.05, 0.1) is 26.9 Å². The Morgan fingerprint density at radius 2 is 1.75 bits per heavy atom. The number of nitrogens with one attached hydrogen (secondary N) is 1. The third-order valence-electron chi connectivity index (χ3n) is 5.76. The summed E-state index contributed by atoms with van der Waals surface area (Å²) in [6.45, 7) is 1.76. The lowest BCUT2D eigenvalue weighted by Crippen LogP contribution is -2.40. The van der Waals surface area contributed by atoms with E-state index >= 15 is 0 Å². The van der Waals surface area contributed by atoms with Gasteiger partial charge in [-0.3, -0.25) is 14.2 Å². The van der Waals surface area contributed by atoms with Crippen LogP contribution in [0.3, 0.4) is 0 Å². The lowest BCUT2D eigenvalue weighted by Gasteiger charge is -2.25. The van der Waals surface area contributed by atoms with Gasteiger partial charge in [-0.15, -0.1) is 0 Å². The molecule has 1 unspecified atom stereocenters. The van der Waals surface area contributed by atoms with E-state index in [0.717, 1.165) is 16.9 Å². The number of allylic oxidation sites excluding steroid dienone is 1. The maximum absolute atomic E-state index is 13.7. The molecule has 0 saturated heterocycles. The summed E-state index contributed by atoms with van der Waals surface area (Å²) in [5.41, 5.74) is 2.26. The molecule has 1 aromatic heterocycles. The molecule has 6 nitrogen and oxygen atoms in total. The lowest BCUT2D eigenvalue weighted by atomic mass is 9.95. The molecule has 1 aliphatic rings. The third-order valence-corrected chi connectivity index (χ3v) is 7.25. The van der Waals surface area contributed by atoms with Crippen LogP contribution in [-0.4, -0.2) is 15.6 Å². The number of amides is 1. The van der Waals surface area contributed by atoms with Gasteiger partial charge >= 0.3 is 0 Å². The highest BCUT2D eigenvalue weighted by molar-refractivity contribution is 7.07. The Morgan fingerprint density at radius 1 is 1.08 bits per heavy atom.